The topological polar surface area (TPSA) is 78.9 Å². The summed E-state index contributed by atoms with van der Waals surface area (Å²) in [5, 5.41) is 11.9. The number of amides is 2. The molecule has 2 rings (SSSR count). The molecule has 2 atom stereocenters. The van der Waals surface area contributed by atoms with E-state index in [-0.39, 0.29) is 12.6 Å². The number of nitrogens with zero attached hydrogens (tertiary/aromatic N) is 1. The Morgan fingerprint density at radius 3 is 2.81 bits per heavy atom. The number of carboxylic acid groups (broad SMARTS) is 1. The van der Waals surface area contributed by atoms with Gasteiger partial charge in [-0.25, -0.2) is 9.59 Å². The summed E-state index contributed by atoms with van der Waals surface area (Å²) in [5.74, 6) is -1.01. The fraction of sp³-hybridized carbons (Fsp3) is 0.429. The van der Waals surface area contributed by atoms with Crippen LogP contribution >= 0.6 is 15.9 Å². The molecule has 2 N–H and O–H groups in total. The van der Waals surface area contributed by atoms with Gasteiger partial charge in [0.05, 0.1) is 6.10 Å². The Hall–Kier alpha value is -1.60. The minimum absolute atomic E-state index is 0.236. The molecule has 6 nitrogen and oxygen atoms in total. The number of rotatable bonds is 4. The molecular formula is C14H17BrN2O4. The van der Waals surface area contributed by atoms with Gasteiger partial charge in [-0.15, -0.1) is 0 Å². The largest absolute Gasteiger partial charge is 0.480 e. The van der Waals surface area contributed by atoms with Gasteiger partial charge in [0.1, 0.15) is 6.04 Å². The van der Waals surface area contributed by atoms with Crippen LogP contribution in [-0.4, -0.2) is 47.8 Å². The minimum Gasteiger partial charge on any atom is -0.480 e. The smallest absolute Gasteiger partial charge is 0.326 e. The molecule has 1 aliphatic rings. The van der Waals surface area contributed by atoms with Gasteiger partial charge in [0.2, 0.25) is 0 Å². The molecule has 2 amide bonds. The summed E-state index contributed by atoms with van der Waals surface area (Å²) < 4.78 is 6.06. The highest BCUT2D eigenvalue weighted by Crippen LogP contribution is 2.21. The molecule has 0 saturated carbocycles. The number of carbonyl (C=O) groups excluding carboxylic acids is 1. The van der Waals surface area contributed by atoms with Crippen molar-refractivity contribution in [2.24, 2.45) is 0 Å². The molecule has 1 aliphatic heterocycles. The number of urea groups is 1. The molecule has 1 saturated heterocycles. The zero-order valence-electron chi connectivity index (χ0n) is 11.6. The van der Waals surface area contributed by atoms with Crippen LogP contribution in [0.25, 0.3) is 0 Å². The summed E-state index contributed by atoms with van der Waals surface area (Å²) in [5.41, 5.74) is 0.931. The molecule has 114 valence electrons. The van der Waals surface area contributed by atoms with Crippen LogP contribution in [-0.2, 0) is 16.1 Å². The van der Waals surface area contributed by atoms with E-state index in [0.717, 1.165) is 10.0 Å². The molecule has 21 heavy (non-hydrogen) atoms. The summed E-state index contributed by atoms with van der Waals surface area (Å²) >= 11 is 3.41. The number of methoxy groups -OCH3 is 1. The van der Waals surface area contributed by atoms with Crippen molar-refractivity contribution >= 4 is 27.9 Å². The fourth-order valence-electron chi connectivity index (χ4n) is 2.34. The predicted octanol–water partition coefficient (Wildman–Crippen LogP) is 1.83. The summed E-state index contributed by atoms with van der Waals surface area (Å²) in [6, 6.07) is 6.31. The highest BCUT2D eigenvalue weighted by Gasteiger charge is 2.39. The van der Waals surface area contributed by atoms with Gasteiger partial charge in [0.25, 0.3) is 0 Å². The van der Waals surface area contributed by atoms with Crippen LogP contribution in [0.5, 0.6) is 0 Å². The van der Waals surface area contributed by atoms with Crippen molar-refractivity contribution in [1.82, 2.24) is 10.2 Å². The second-order valence-electron chi connectivity index (χ2n) is 4.85. The van der Waals surface area contributed by atoms with Crippen LogP contribution < -0.4 is 5.32 Å². The molecule has 0 aliphatic carbocycles. The zero-order valence-corrected chi connectivity index (χ0v) is 13.2. The molecule has 1 fully saturated rings. The van der Waals surface area contributed by atoms with E-state index in [9.17, 15) is 14.7 Å². The minimum atomic E-state index is -1.01. The van der Waals surface area contributed by atoms with E-state index in [1.165, 1.54) is 12.0 Å². The van der Waals surface area contributed by atoms with Crippen LogP contribution in [0.1, 0.15) is 12.0 Å². The molecule has 2 unspecified atom stereocenters. The number of halogens is 1. The van der Waals surface area contributed by atoms with Crippen molar-refractivity contribution in [3.8, 4) is 0 Å². The Kier molecular flexibility index (Phi) is 5.19. The SMILES string of the molecule is COC1CC(C(=O)O)N(C(=O)NCc2ccccc2Br)C1. The first-order valence-electron chi connectivity index (χ1n) is 6.56. The molecule has 1 aromatic rings. The Bertz CT molecular complexity index is 537. The van der Waals surface area contributed by atoms with E-state index in [4.69, 9.17) is 4.74 Å². The van der Waals surface area contributed by atoms with E-state index < -0.39 is 18.0 Å². The van der Waals surface area contributed by atoms with E-state index in [1.807, 2.05) is 24.3 Å². The maximum absolute atomic E-state index is 12.2. The molecule has 7 heteroatoms. The monoisotopic (exact) mass is 356 g/mol. The van der Waals surface area contributed by atoms with Crippen LogP contribution in [0, 0.1) is 0 Å². The highest BCUT2D eigenvalue weighted by molar-refractivity contribution is 9.10. The van der Waals surface area contributed by atoms with Crippen LogP contribution in [0.4, 0.5) is 4.79 Å². The zero-order chi connectivity index (χ0) is 15.4. The number of ether oxygens (including phenoxy) is 1. The second kappa shape index (κ2) is 6.91. The van der Waals surface area contributed by atoms with E-state index >= 15 is 0 Å². The van der Waals surface area contributed by atoms with Gasteiger partial charge in [0.15, 0.2) is 0 Å². The Labute approximate surface area is 131 Å². The number of hydrogen-bond donors (Lipinski definition) is 2. The quantitative estimate of drug-likeness (QED) is 0.862. The van der Waals surface area contributed by atoms with E-state index in [1.54, 1.807) is 0 Å². The van der Waals surface area contributed by atoms with Gasteiger partial charge in [-0.05, 0) is 11.6 Å². The molecular weight excluding hydrogens is 340 g/mol. The summed E-state index contributed by atoms with van der Waals surface area (Å²) in [6.45, 7) is 0.621. The van der Waals surface area contributed by atoms with E-state index in [2.05, 4.69) is 21.2 Å². The lowest BCUT2D eigenvalue weighted by molar-refractivity contribution is -0.141. The molecule has 0 radical (unpaired) electrons. The third kappa shape index (κ3) is 3.74. The Morgan fingerprint density at radius 2 is 2.19 bits per heavy atom. The van der Waals surface area contributed by atoms with Crippen molar-refractivity contribution in [1.29, 1.82) is 0 Å². The van der Waals surface area contributed by atoms with Gasteiger partial charge in [-0.2, -0.15) is 0 Å². The standard InChI is InChI=1S/C14H17BrN2O4/c1-21-10-6-12(13(18)19)17(8-10)14(20)16-7-9-4-2-3-5-11(9)15/h2-5,10,12H,6-8H2,1H3,(H,16,20)(H,18,19). The van der Waals surface area contributed by atoms with Crippen molar-refractivity contribution in [2.45, 2.75) is 25.1 Å². The van der Waals surface area contributed by atoms with Gasteiger partial charge in [0, 0.05) is 31.1 Å². The number of hydrogen-bond acceptors (Lipinski definition) is 3. The molecule has 0 aromatic heterocycles. The first-order chi connectivity index (χ1) is 10.0. The van der Waals surface area contributed by atoms with Crippen molar-refractivity contribution in [3.63, 3.8) is 0 Å². The lowest BCUT2D eigenvalue weighted by Gasteiger charge is -2.21. The van der Waals surface area contributed by atoms with Gasteiger partial charge in [-0.1, -0.05) is 34.1 Å². The fourth-order valence-corrected chi connectivity index (χ4v) is 2.77. The second-order valence-corrected chi connectivity index (χ2v) is 5.70. The lowest BCUT2D eigenvalue weighted by Crippen LogP contribution is -2.46. The number of benzene rings is 1. The molecule has 1 aromatic carbocycles. The summed E-state index contributed by atoms with van der Waals surface area (Å²) in [6.07, 6.45) is 0.0780. The van der Waals surface area contributed by atoms with Crippen molar-refractivity contribution < 1.29 is 19.4 Å². The average molecular weight is 357 g/mol. The maximum Gasteiger partial charge on any atom is 0.326 e. The number of carbonyl (C=O) groups is 2. The first kappa shape index (κ1) is 15.8. The molecule has 0 spiro atoms. The van der Waals surface area contributed by atoms with Gasteiger partial charge in [-0.3, -0.25) is 0 Å². The Balaban J connectivity index is 1.99. The van der Waals surface area contributed by atoms with Gasteiger partial charge >= 0.3 is 12.0 Å². The molecule has 0 bridgehead atoms. The Morgan fingerprint density at radius 1 is 1.48 bits per heavy atom. The van der Waals surface area contributed by atoms with Crippen LogP contribution in [0.2, 0.25) is 0 Å². The third-order valence-corrected chi connectivity index (χ3v) is 4.30. The molecule has 1 heterocycles. The predicted molar refractivity (Wildman–Crippen MR) is 79.9 cm³/mol. The summed E-state index contributed by atoms with van der Waals surface area (Å²) in [7, 11) is 1.52. The van der Waals surface area contributed by atoms with Gasteiger partial charge < -0.3 is 20.1 Å². The van der Waals surface area contributed by atoms with Crippen LogP contribution in [0.3, 0.4) is 0 Å². The number of carboxylic acids is 1. The summed E-state index contributed by atoms with van der Waals surface area (Å²) in [4.78, 5) is 24.7. The van der Waals surface area contributed by atoms with E-state index in [0.29, 0.717) is 13.0 Å². The van der Waals surface area contributed by atoms with Crippen molar-refractivity contribution in [2.75, 3.05) is 13.7 Å². The van der Waals surface area contributed by atoms with Crippen molar-refractivity contribution in [3.05, 3.63) is 34.3 Å². The average Bonchev–Trinajstić information content (AvgIpc) is 2.90. The maximum atomic E-state index is 12.2. The van der Waals surface area contributed by atoms with Crippen LogP contribution in [0.15, 0.2) is 28.7 Å². The number of likely N-dealkylation sites (tertiary alicyclic amines) is 1. The third-order valence-electron chi connectivity index (χ3n) is 3.53. The number of nitrogens with one attached hydrogen (secondary N) is 1. The first-order valence-corrected chi connectivity index (χ1v) is 7.35. The highest BCUT2D eigenvalue weighted by atomic mass is 79.9. The lowest BCUT2D eigenvalue weighted by atomic mass is 10.2. The number of aliphatic carboxylic acids is 1. The normalized spacial score (nSPS) is 21.3.